The first kappa shape index (κ1) is 32.9. The van der Waals surface area contributed by atoms with Gasteiger partial charge in [0.25, 0.3) is 16.8 Å². The molecule has 5 aromatic rings. The van der Waals surface area contributed by atoms with Crippen LogP contribution in [-0.4, -0.2) is 44.7 Å². The van der Waals surface area contributed by atoms with E-state index in [2.05, 4.69) is 25.5 Å². The molecule has 2 aromatic heterocycles. The van der Waals surface area contributed by atoms with Crippen LogP contribution in [0.4, 0.5) is 21.5 Å². The van der Waals surface area contributed by atoms with E-state index in [1.807, 2.05) is 12.1 Å². The van der Waals surface area contributed by atoms with E-state index in [0.29, 0.717) is 11.1 Å². The van der Waals surface area contributed by atoms with Crippen LogP contribution >= 0.6 is 0 Å². The Hall–Kier alpha value is -5.96. The van der Waals surface area contributed by atoms with E-state index in [1.165, 1.54) is 37.1 Å². The van der Waals surface area contributed by atoms with Crippen LogP contribution in [0.1, 0.15) is 67.9 Å². The van der Waals surface area contributed by atoms with E-state index in [9.17, 15) is 33.5 Å². The number of carbonyl (C=O) groups is 3. The van der Waals surface area contributed by atoms with Gasteiger partial charge in [0, 0.05) is 24.7 Å². The van der Waals surface area contributed by atoms with E-state index in [-0.39, 0.29) is 60.1 Å². The summed E-state index contributed by atoms with van der Waals surface area (Å²) >= 11 is 0. The highest BCUT2D eigenvalue weighted by molar-refractivity contribution is 5.96. The highest BCUT2D eigenvalue weighted by Gasteiger charge is 2.21. The molecule has 1 aliphatic rings. The molecule has 0 spiro atoms. The van der Waals surface area contributed by atoms with Gasteiger partial charge in [-0.15, -0.1) is 0 Å². The molecular formula is C31H30FN7O7. The van der Waals surface area contributed by atoms with E-state index in [0.717, 1.165) is 35.1 Å². The number of ether oxygens (including phenoxy) is 1. The first-order chi connectivity index (χ1) is 21.5. The standard InChI is InChI=1S/C19H13FN6O5.C11H13NO2.CH4/c20-9-2-1-8(5-10(9)25-15-14(21)16(27)17(15)28)7-22-18(29)11-6-12(19(30)31)26-13(24-11)3-4-23-26;1-14-11(13)8-2-4-9-7(6-8)3-5-10(9)12;/h1-6,25H,7,21H2,(H,22,29)(H,30,31);2,4,6,10H,3,5,12H2,1H3;1H4/t;10-;/m.0./s1. The number of anilines is 3. The Kier molecular flexibility index (Phi) is 9.56. The third-order valence-corrected chi connectivity index (χ3v) is 7.19. The molecule has 1 aliphatic carbocycles. The van der Waals surface area contributed by atoms with Crippen LogP contribution < -0.4 is 33.0 Å². The lowest BCUT2D eigenvalue weighted by atomic mass is 10.1. The van der Waals surface area contributed by atoms with E-state index in [1.54, 1.807) is 6.07 Å². The molecule has 0 aliphatic heterocycles. The third-order valence-electron chi connectivity index (χ3n) is 7.19. The van der Waals surface area contributed by atoms with Crippen LogP contribution in [-0.2, 0) is 17.7 Å². The van der Waals surface area contributed by atoms with Crippen molar-refractivity contribution in [2.75, 3.05) is 18.2 Å². The van der Waals surface area contributed by atoms with Gasteiger partial charge in [-0.1, -0.05) is 19.6 Å². The number of carboxylic acid groups (broad SMARTS) is 1. The smallest absolute Gasteiger partial charge is 0.354 e. The number of nitrogen functional groups attached to an aromatic ring is 1. The molecule has 0 saturated heterocycles. The number of aromatic nitrogens is 3. The number of nitrogens with two attached hydrogens (primary N) is 2. The molecule has 0 bridgehead atoms. The summed E-state index contributed by atoms with van der Waals surface area (Å²) in [7, 11) is 1.39. The summed E-state index contributed by atoms with van der Waals surface area (Å²) < 4.78 is 19.8. The molecule has 46 heavy (non-hydrogen) atoms. The molecular weight excluding hydrogens is 601 g/mol. The number of halogens is 1. The van der Waals surface area contributed by atoms with Crippen molar-refractivity contribution >= 4 is 40.6 Å². The summed E-state index contributed by atoms with van der Waals surface area (Å²) in [6.45, 7) is -0.0519. The number of carboxylic acids is 1. The number of nitrogens with zero attached hydrogens (tertiary/aromatic N) is 3. The molecule has 7 N–H and O–H groups in total. The van der Waals surface area contributed by atoms with Crippen LogP contribution in [0.15, 0.2) is 64.3 Å². The normalized spacial score (nSPS) is 13.2. The van der Waals surface area contributed by atoms with Crippen molar-refractivity contribution in [3.63, 3.8) is 0 Å². The zero-order chi connectivity index (χ0) is 32.4. The van der Waals surface area contributed by atoms with Gasteiger partial charge in [0.05, 0.1) is 24.6 Å². The zero-order valence-corrected chi connectivity index (χ0v) is 23.7. The number of aromatic carboxylic acids is 1. The number of carbonyl (C=O) groups excluding carboxylic acids is 2. The fraction of sp³-hybridized carbons (Fsp3) is 0.194. The quantitative estimate of drug-likeness (QED) is 0.129. The highest BCUT2D eigenvalue weighted by Crippen LogP contribution is 2.30. The summed E-state index contributed by atoms with van der Waals surface area (Å²) in [5, 5.41) is 18.2. The van der Waals surface area contributed by atoms with E-state index < -0.39 is 28.6 Å². The monoisotopic (exact) mass is 631 g/mol. The number of hydrogen-bond donors (Lipinski definition) is 5. The Morgan fingerprint density at radius 1 is 1.11 bits per heavy atom. The molecule has 1 amide bonds. The van der Waals surface area contributed by atoms with Crippen LogP contribution in [0.3, 0.4) is 0 Å². The van der Waals surface area contributed by atoms with Crippen molar-refractivity contribution in [2.45, 2.75) is 32.9 Å². The number of amides is 1. The van der Waals surface area contributed by atoms with Gasteiger partial charge in [-0.05, 0) is 53.8 Å². The number of aryl methyl sites for hydroxylation is 1. The minimum atomic E-state index is -1.28. The SMILES string of the molecule is C.COC(=O)c1ccc2c(c1)CC[C@@H]2N.Nc1c(Nc2cc(CNC(=O)c3cc(C(=O)O)n4nccc4n3)ccc2F)c(=O)c1=O. The lowest BCUT2D eigenvalue weighted by molar-refractivity contribution is 0.0599. The van der Waals surface area contributed by atoms with Gasteiger partial charge in [-0.25, -0.2) is 23.5 Å². The van der Waals surface area contributed by atoms with Crippen molar-refractivity contribution in [3.05, 3.63) is 115 Å². The van der Waals surface area contributed by atoms with Gasteiger partial charge in [-0.3, -0.25) is 14.4 Å². The molecule has 2 heterocycles. The summed E-state index contributed by atoms with van der Waals surface area (Å²) in [6.07, 6.45) is 3.29. The maximum Gasteiger partial charge on any atom is 0.354 e. The van der Waals surface area contributed by atoms with Gasteiger partial charge in [0.15, 0.2) is 11.3 Å². The summed E-state index contributed by atoms with van der Waals surface area (Å²) in [4.78, 5) is 61.9. The lowest BCUT2D eigenvalue weighted by Crippen LogP contribution is -2.36. The average Bonchev–Trinajstić information content (AvgIpc) is 3.68. The molecule has 3 aromatic carbocycles. The van der Waals surface area contributed by atoms with Gasteiger partial charge >= 0.3 is 11.9 Å². The lowest BCUT2D eigenvalue weighted by Gasteiger charge is -2.12. The number of hydrogen-bond acceptors (Lipinski definition) is 11. The molecule has 15 heteroatoms. The minimum absolute atomic E-state index is 0. The Labute approximate surface area is 260 Å². The number of fused-ring (bicyclic) bond motifs is 2. The maximum absolute atomic E-state index is 14.1. The fourth-order valence-electron chi connectivity index (χ4n) is 4.80. The van der Waals surface area contributed by atoms with Crippen molar-refractivity contribution in [3.8, 4) is 0 Å². The Bertz CT molecular complexity index is 2050. The summed E-state index contributed by atoms with van der Waals surface area (Å²) in [5.41, 5.74) is 12.3. The van der Waals surface area contributed by atoms with Crippen LogP contribution in [0.5, 0.6) is 0 Å². The minimum Gasteiger partial charge on any atom is -0.477 e. The van der Waals surface area contributed by atoms with Crippen molar-refractivity contribution < 1.29 is 28.6 Å². The van der Waals surface area contributed by atoms with Gasteiger partial charge in [-0.2, -0.15) is 5.10 Å². The predicted octanol–water partition coefficient (Wildman–Crippen LogP) is 2.47. The molecule has 6 rings (SSSR count). The second kappa shape index (κ2) is 13.4. The van der Waals surface area contributed by atoms with Crippen molar-refractivity contribution in [2.24, 2.45) is 5.73 Å². The molecule has 1 atom stereocenters. The number of rotatable bonds is 7. The van der Waals surface area contributed by atoms with E-state index >= 15 is 0 Å². The number of esters is 1. The van der Waals surface area contributed by atoms with Gasteiger partial charge in [0.2, 0.25) is 0 Å². The van der Waals surface area contributed by atoms with Crippen LogP contribution in [0.2, 0.25) is 0 Å². The zero-order valence-electron chi connectivity index (χ0n) is 23.7. The number of benzene rings is 2. The molecule has 0 saturated carbocycles. The number of methoxy groups -OCH3 is 1. The molecule has 0 radical (unpaired) electrons. The number of nitrogens with one attached hydrogen (secondary N) is 2. The van der Waals surface area contributed by atoms with Crippen molar-refractivity contribution in [1.29, 1.82) is 0 Å². The molecule has 238 valence electrons. The first-order valence-corrected chi connectivity index (χ1v) is 13.5. The second-order valence-corrected chi connectivity index (χ2v) is 10.1. The highest BCUT2D eigenvalue weighted by atomic mass is 19.1. The first-order valence-electron chi connectivity index (χ1n) is 13.5. The molecule has 0 fully saturated rings. The maximum atomic E-state index is 14.1. The predicted molar refractivity (Wildman–Crippen MR) is 166 cm³/mol. The van der Waals surface area contributed by atoms with Gasteiger partial charge in [0.1, 0.15) is 22.9 Å². The average molecular weight is 632 g/mol. The molecule has 14 nitrogen and oxygen atoms in total. The van der Waals surface area contributed by atoms with Crippen LogP contribution in [0, 0.1) is 5.82 Å². The third kappa shape index (κ3) is 6.44. The Balaban J connectivity index is 0.000000268. The summed E-state index contributed by atoms with van der Waals surface area (Å²) in [5.74, 6) is -2.91. The fourth-order valence-corrected chi connectivity index (χ4v) is 4.80. The van der Waals surface area contributed by atoms with Crippen molar-refractivity contribution in [1.82, 2.24) is 19.9 Å². The molecule has 0 unspecified atom stereocenters. The van der Waals surface area contributed by atoms with Gasteiger partial charge < -0.3 is 31.9 Å². The topological polar surface area (TPSA) is 221 Å². The second-order valence-electron chi connectivity index (χ2n) is 10.1. The van der Waals surface area contributed by atoms with Crippen LogP contribution in [0.25, 0.3) is 5.65 Å². The van der Waals surface area contributed by atoms with E-state index in [4.69, 9.17) is 11.5 Å². The largest absolute Gasteiger partial charge is 0.477 e. The Morgan fingerprint density at radius 3 is 2.57 bits per heavy atom. The Morgan fingerprint density at radius 2 is 1.87 bits per heavy atom. The summed E-state index contributed by atoms with van der Waals surface area (Å²) in [6, 6.07) is 12.1.